The van der Waals surface area contributed by atoms with Crippen LogP contribution in [0.1, 0.15) is 13.8 Å². The Morgan fingerprint density at radius 1 is 1.50 bits per heavy atom. The maximum Gasteiger partial charge on any atom is 0.164 e. The van der Waals surface area contributed by atoms with Crippen LogP contribution in [0, 0.1) is 0 Å². The molecule has 3 nitrogen and oxygen atoms in total. The first-order valence-corrected chi connectivity index (χ1v) is 2.50. The standard InChI is InChI=1S/C5H8N2O/c1-4-3-8-7-5(2)6-4/h3H2,1-2H3. The molecule has 0 aromatic carbocycles. The molecular formula is C5H8N2O. The summed E-state index contributed by atoms with van der Waals surface area (Å²) in [6.07, 6.45) is 0. The van der Waals surface area contributed by atoms with Gasteiger partial charge in [-0.25, -0.2) is 4.99 Å². The minimum absolute atomic E-state index is 0.539. The minimum Gasteiger partial charge on any atom is -0.388 e. The van der Waals surface area contributed by atoms with Crippen LogP contribution in [-0.4, -0.2) is 18.2 Å². The molecule has 8 heavy (non-hydrogen) atoms. The monoisotopic (exact) mass is 112 g/mol. The first-order chi connectivity index (χ1) is 3.79. The summed E-state index contributed by atoms with van der Waals surface area (Å²) < 4.78 is 0. The predicted molar refractivity (Wildman–Crippen MR) is 32.2 cm³/mol. The van der Waals surface area contributed by atoms with E-state index < -0.39 is 0 Å². The molecule has 0 bridgehead atoms. The van der Waals surface area contributed by atoms with Crippen molar-refractivity contribution >= 4 is 11.5 Å². The zero-order chi connectivity index (χ0) is 5.98. The molecule has 0 saturated heterocycles. The van der Waals surface area contributed by atoms with Gasteiger partial charge in [0.25, 0.3) is 0 Å². The number of amidine groups is 1. The Morgan fingerprint density at radius 2 is 2.25 bits per heavy atom. The van der Waals surface area contributed by atoms with Crippen molar-refractivity contribution in [1.29, 1.82) is 0 Å². The van der Waals surface area contributed by atoms with Crippen LogP contribution in [0.3, 0.4) is 0 Å². The molecule has 0 atom stereocenters. The maximum atomic E-state index is 4.75. The molecular weight excluding hydrogens is 104 g/mol. The van der Waals surface area contributed by atoms with E-state index in [9.17, 15) is 0 Å². The summed E-state index contributed by atoms with van der Waals surface area (Å²) in [5.74, 6) is 0.703. The van der Waals surface area contributed by atoms with E-state index in [1.165, 1.54) is 0 Å². The van der Waals surface area contributed by atoms with Crippen LogP contribution in [0.2, 0.25) is 0 Å². The fourth-order valence-electron chi connectivity index (χ4n) is 0.548. The van der Waals surface area contributed by atoms with Gasteiger partial charge in [-0.2, -0.15) is 0 Å². The van der Waals surface area contributed by atoms with Crippen LogP contribution in [0.25, 0.3) is 0 Å². The zero-order valence-electron chi connectivity index (χ0n) is 5.01. The topological polar surface area (TPSA) is 34.0 Å². The van der Waals surface area contributed by atoms with Crippen molar-refractivity contribution < 1.29 is 4.84 Å². The lowest BCUT2D eigenvalue weighted by Gasteiger charge is -2.04. The molecule has 0 saturated carbocycles. The van der Waals surface area contributed by atoms with Crippen molar-refractivity contribution in [2.24, 2.45) is 10.1 Å². The Balaban J connectivity index is 2.69. The van der Waals surface area contributed by atoms with Gasteiger partial charge in [0.15, 0.2) is 12.4 Å². The second-order valence-corrected chi connectivity index (χ2v) is 1.76. The van der Waals surface area contributed by atoms with E-state index in [1.807, 2.05) is 13.8 Å². The normalized spacial score (nSPS) is 18.8. The SMILES string of the molecule is CC1=NC(C)=NOC1. The van der Waals surface area contributed by atoms with Gasteiger partial charge in [0.1, 0.15) is 0 Å². The Labute approximate surface area is 48.1 Å². The third kappa shape index (κ3) is 1.05. The molecule has 0 aromatic rings. The smallest absolute Gasteiger partial charge is 0.164 e. The summed E-state index contributed by atoms with van der Waals surface area (Å²) in [7, 11) is 0. The number of oxime groups is 1. The van der Waals surface area contributed by atoms with Crippen molar-refractivity contribution in [2.45, 2.75) is 13.8 Å². The second-order valence-electron chi connectivity index (χ2n) is 1.76. The molecule has 1 rings (SSSR count). The molecule has 1 heterocycles. The van der Waals surface area contributed by atoms with Crippen LogP contribution in [-0.2, 0) is 4.84 Å². The third-order valence-corrected chi connectivity index (χ3v) is 0.823. The Kier molecular flexibility index (Phi) is 1.28. The summed E-state index contributed by atoms with van der Waals surface area (Å²) in [6, 6.07) is 0. The highest BCUT2D eigenvalue weighted by Gasteiger charge is 1.98. The molecule has 44 valence electrons. The summed E-state index contributed by atoms with van der Waals surface area (Å²) in [6.45, 7) is 4.26. The number of aliphatic imine (C=N–C) groups is 1. The molecule has 0 unspecified atom stereocenters. The van der Waals surface area contributed by atoms with E-state index in [0.717, 1.165) is 5.71 Å². The van der Waals surface area contributed by atoms with Gasteiger partial charge in [-0.1, -0.05) is 5.16 Å². The van der Waals surface area contributed by atoms with E-state index in [1.54, 1.807) is 0 Å². The van der Waals surface area contributed by atoms with Gasteiger partial charge in [0.2, 0.25) is 0 Å². The van der Waals surface area contributed by atoms with Gasteiger partial charge in [-0.3, -0.25) is 0 Å². The number of rotatable bonds is 0. The van der Waals surface area contributed by atoms with E-state index in [0.29, 0.717) is 12.4 Å². The van der Waals surface area contributed by atoms with Gasteiger partial charge in [0.05, 0.1) is 5.71 Å². The van der Waals surface area contributed by atoms with Gasteiger partial charge < -0.3 is 4.84 Å². The predicted octanol–water partition coefficient (Wildman–Crippen LogP) is 0.811. The molecule has 0 fully saturated rings. The van der Waals surface area contributed by atoms with Crippen molar-refractivity contribution in [3.8, 4) is 0 Å². The molecule has 0 aromatic heterocycles. The van der Waals surface area contributed by atoms with Crippen LogP contribution in [0.15, 0.2) is 10.1 Å². The average Bonchev–Trinajstić information content (AvgIpc) is 1.64. The molecule has 0 radical (unpaired) electrons. The van der Waals surface area contributed by atoms with Crippen molar-refractivity contribution in [2.75, 3.05) is 6.61 Å². The quantitative estimate of drug-likeness (QED) is 0.456. The summed E-state index contributed by atoms with van der Waals surface area (Å²) in [5.41, 5.74) is 0.984. The lowest BCUT2D eigenvalue weighted by molar-refractivity contribution is 0.180. The van der Waals surface area contributed by atoms with Crippen LogP contribution in [0.5, 0.6) is 0 Å². The molecule has 0 spiro atoms. The lowest BCUT2D eigenvalue weighted by atomic mass is 10.4. The number of hydrogen-bond acceptors (Lipinski definition) is 3. The number of hydrogen-bond donors (Lipinski definition) is 0. The third-order valence-electron chi connectivity index (χ3n) is 0.823. The van der Waals surface area contributed by atoms with Crippen molar-refractivity contribution in [1.82, 2.24) is 0 Å². The summed E-state index contributed by atoms with van der Waals surface area (Å²) >= 11 is 0. The van der Waals surface area contributed by atoms with Gasteiger partial charge >= 0.3 is 0 Å². The molecule has 1 aliphatic rings. The molecule has 1 aliphatic heterocycles. The van der Waals surface area contributed by atoms with Gasteiger partial charge in [-0.05, 0) is 13.8 Å². The summed E-state index contributed by atoms with van der Waals surface area (Å²) in [5, 5.41) is 3.61. The highest BCUT2D eigenvalue weighted by atomic mass is 16.6. The Hall–Kier alpha value is -0.860. The second kappa shape index (κ2) is 1.94. The van der Waals surface area contributed by atoms with E-state index >= 15 is 0 Å². The summed E-state index contributed by atoms with van der Waals surface area (Å²) in [4.78, 5) is 8.78. The molecule has 3 heteroatoms. The minimum atomic E-state index is 0.539. The van der Waals surface area contributed by atoms with Crippen molar-refractivity contribution in [3.63, 3.8) is 0 Å². The van der Waals surface area contributed by atoms with Crippen LogP contribution >= 0.6 is 0 Å². The Morgan fingerprint density at radius 3 is 2.62 bits per heavy atom. The molecule has 0 N–H and O–H groups in total. The highest BCUT2D eigenvalue weighted by molar-refractivity contribution is 5.97. The van der Waals surface area contributed by atoms with Crippen LogP contribution < -0.4 is 0 Å². The highest BCUT2D eigenvalue weighted by Crippen LogP contribution is 1.92. The average molecular weight is 112 g/mol. The largest absolute Gasteiger partial charge is 0.388 e. The molecule has 0 amide bonds. The van der Waals surface area contributed by atoms with Gasteiger partial charge in [0, 0.05) is 0 Å². The number of nitrogens with zero attached hydrogens (tertiary/aromatic N) is 2. The van der Waals surface area contributed by atoms with Gasteiger partial charge in [-0.15, -0.1) is 0 Å². The molecule has 0 aliphatic carbocycles. The van der Waals surface area contributed by atoms with E-state index in [2.05, 4.69) is 10.1 Å². The zero-order valence-corrected chi connectivity index (χ0v) is 5.01. The maximum absolute atomic E-state index is 4.75. The van der Waals surface area contributed by atoms with E-state index in [4.69, 9.17) is 4.84 Å². The first kappa shape index (κ1) is 5.28. The van der Waals surface area contributed by atoms with Crippen LogP contribution in [0.4, 0.5) is 0 Å². The van der Waals surface area contributed by atoms with Crippen molar-refractivity contribution in [3.05, 3.63) is 0 Å². The fraction of sp³-hybridized carbons (Fsp3) is 0.600. The lowest BCUT2D eigenvalue weighted by Crippen LogP contribution is -2.09. The van der Waals surface area contributed by atoms with E-state index in [-0.39, 0.29) is 0 Å². The Bertz CT molecular complexity index is 149. The fourth-order valence-corrected chi connectivity index (χ4v) is 0.548. The first-order valence-electron chi connectivity index (χ1n) is 2.50.